The Labute approximate surface area is 177 Å². The first kappa shape index (κ1) is 20.4. The van der Waals surface area contributed by atoms with Crippen molar-refractivity contribution in [3.8, 4) is 16.8 Å². The van der Waals surface area contributed by atoms with Crippen LogP contribution in [0.15, 0.2) is 91.1 Å². The minimum atomic E-state index is -4.75. The summed E-state index contributed by atoms with van der Waals surface area (Å²) in [7, 11) is 0. The highest BCUT2D eigenvalue weighted by Crippen LogP contribution is 2.33. The van der Waals surface area contributed by atoms with Gasteiger partial charge < -0.3 is 5.32 Å². The maximum absolute atomic E-state index is 13.8. The topological polar surface area (TPSA) is 46.9 Å². The molecule has 0 spiro atoms. The minimum absolute atomic E-state index is 0.0811. The van der Waals surface area contributed by atoms with Gasteiger partial charge in [-0.25, -0.2) is 4.68 Å². The first-order valence-electron chi connectivity index (χ1n) is 9.57. The van der Waals surface area contributed by atoms with Crippen LogP contribution < -0.4 is 5.32 Å². The number of rotatable bonds is 5. The number of nitrogens with zero attached hydrogens (tertiary/aromatic N) is 2. The van der Waals surface area contributed by atoms with Crippen LogP contribution in [0.2, 0.25) is 0 Å². The summed E-state index contributed by atoms with van der Waals surface area (Å²) >= 11 is 0. The highest BCUT2D eigenvalue weighted by atomic mass is 19.4. The lowest BCUT2D eigenvalue weighted by Crippen LogP contribution is -2.26. The van der Waals surface area contributed by atoms with Crippen molar-refractivity contribution in [2.45, 2.75) is 12.7 Å². The average molecular weight is 421 g/mol. The van der Waals surface area contributed by atoms with Crippen LogP contribution in [0.5, 0.6) is 0 Å². The number of amides is 1. The molecule has 0 radical (unpaired) electrons. The van der Waals surface area contributed by atoms with Crippen LogP contribution in [0.4, 0.5) is 13.2 Å². The van der Waals surface area contributed by atoms with E-state index in [4.69, 9.17) is 0 Å². The molecule has 156 valence electrons. The molecule has 0 unspecified atom stereocenters. The first-order valence-corrected chi connectivity index (χ1v) is 9.57. The van der Waals surface area contributed by atoms with Crippen LogP contribution in [-0.4, -0.2) is 15.7 Å². The fraction of sp³-hybridized carbons (Fsp3) is 0.0833. The predicted molar refractivity (Wildman–Crippen MR) is 112 cm³/mol. The summed E-state index contributed by atoms with van der Waals surface area (Å²) in [6, 6.07) is 24.9. The first-order chi connectivity index (χ1) is 14.9. The summed E-state index contributed by atoms with van der Waals surface area (Å²) < 4.78 is 42.1. The van der Waals surface area contributed by atoms with E-state index in [0.717, 1.165) is 27.6 Å². The molecule has 7 heteroatoms. The van der Waals surface area contributed by atoms with Crippen LogP contribution in [0.25, 0.3) is 16.8 Å². The van der Waals surface area contributed by atoms with Crippen molar-refractivity contribution in [1.82, 2.24) is 15.1 Å². The summed E-state index contributed by atoms with van der Waals surface area (Å²) in [6.45, 7) is 0.0811. The number of hydrogen-bond donors (Lipinski definition) is 1. The molecule has 0 atom stereocenters. The molecule has 31 heavy (non-hydrogen) atoms. The van der Waals surface area contributed by atoms with Gasteiger partial charge in [0.25, 0.3) is 5.91 Å². The van der Waals surface area contributed by atoms with Crippen molar-refractivity contribution in [3.63, 3.8) is 0 Å². The molecule has 1 amide bonds. The van der Waals surface area contributed by atoms with Gasteiger partial charge in [-0.1, -0.05) is 72.8 Å². The zero-order chi connectivity index (χ0) is 21.8. The molecule has 1 N–H and O–H groups in total. The number of alkyl halides is 3. The fourth-order valence-electron chi connectivity index (χ4n) is 3.40. The van der Waals surface area contributed by atoms with Crippen LogP contribution >= 0.6 is 0 Å². The Morgan fingerprint density at radius 1 is 0.871 bits per heavy atom. The SMILES string of the molecule is O=C(NCc1ccccc1-c1ccccc1)c1cnn(-c2ccccc2)c1C(F)(F)F. The summed E-state index contributed by atoms with van der Waals surface area (Å²) in [4.78, 5) is 12.7. The van der Waals surface area contributed by atoms with E-state index in [9.17, 15) is 18.0 Å². The molecule has 0 aliphatic rings. The molecule has 0 aliphatic carbocycles. The molecule has 4 rings (SSSR count). The van der Waals surface area contributed by atoms with E-state index >= 15 is 0 Å². The van der Waals surface area contributed by atoms with Crippen molar-refractivity contribution in [2.24, 2.45) is 0 Å². The van der Waals surface area contributed by atoms with Crippen LogP contribution in [-0.2, 0) is 12.7 Å². The van der Waals surface area contributed by atoms with Gasteiger partial charge in [-0.15, -0.1) is 0 Å². The second-order valence-corrected chi connectivity index (χ2v) is 6.86. The van der Waals surface area contributed by atoms with E-state index in [2.05, 4.69) is 10.4 Å². The molecule has 1 heterocycles. The molecule has 0 fully saturated rings. The van der Waals surface area contributed by atoms with Crippen LogP contribution in [0, 0.1) is 0 Å². The maximum atomic E-state index is 13.8. The highest BCUT2D eigenvalue weighted by molar-refractivity contribution is 5.95. The number of para-hydroxylation sites is 1. The third kappa shape index (κ3) is 4.35. The Morgan fingerprint density at radius 2 is 1.48 bits per heavy atom. The second kappa shape index (κ2) is 8.47. The number of benzene rings is 3. The zero-order valence-corrected chi connectivity index (χ0v) is 16.3. The molecule has 3 aromatic carbocycles. The summed E-state index contributed by atoms with van der Waals surface area (Å²) in [5, 5.41) is 6.44. The molecular formula is C24H18F3N3O. The van der Waals surface area contributed by atoms with Crippen LogP contribution in [0.1, 0.15) is 21.6 Å². The fourth-order valence-corrected chi connectivity index (χ4v) is 3.40. The van der Waals surface area contributed by atoms with Gasteiger partial charge in [0.1, 0.15) is 0 Å². The number of carbonyl (C=O) groups is 1. The number of halogens is 3. The molecule has 0 bridgehead atoms. The molecular weight excluding hydrogens is 403 g/mol. The van der Waals surface area contributed by atoms with E-state index in [1.54, 1.807) is 18.2 Å². The molecule has 4 aromatic rings. The molecule has 0 saturated heterocycles. The monoisotopic (exact) mass is 421 g/mol. The molecule has 0 aliphatic heterocycles. The summed E-state index contributed by atoms with van der Waals surface area (Å²) in [5.74, 6) is -0.836. The lowest BCUT2D eigenvalue weighted by Gasteiger charge is -2.14. The number of nitrogens with one attached hydrogen (secondary N) is 1. The number of hydrogen-bond acceptors (Lipinski definition) is 2. The van der Waals surface area contributed by atoms with Gasteiger partial charge in [-0.2, -0.15) is 18.3 Å². The van der Waals surface area contributed by atoms with Crippen molar-refractivity contribution in [3.05, 3.63) is 108 Å². The lowest BCUT2D eigenvalue weighted by atomic mass is 10.00. The van der Waals surface area contributed by atoms with Crippen molar-refractivity contribution in [1.29, 1.82) is 0 Å². The molecule has 1 aromatic heterocycles. The number of aromatic nitrogens is 2. The quantitative estimate of drug-likeness (QED) is 0.463. The zero-order valence-electron chi connectivity index (χ0n) is 16.3. The lowest BCUT2D eigenvalue weighted by molar-refractivity contribution is -0.143. The standard InChI is InChI=1S/C24H18F3N3O/c25-24(26,27)22-21(16-29-30(22)19-12-5-2-6-13-19)23(31)28-15-18-11-7-8-14-20(18)17-9-3-1-4-10-17/h1-14,16H,15H2,(H,28,31). The summed E-state index contributed by atoms with van der Waals surface area (Å²) in [5.41, 5.74) is 1.26. The Balaban J connectivity index is 1.62. The highest BCUT2D eigenvalue weighted by Gasteiger charge is 2.40. The Kier molecular flexibility index (Phi) is 5.58. The third-order valence-electron chi connectivity index (χ3n) is 4.82. The van der Waals surface area contributed by atoms with Gasteiger partial charge in [0.2, 0.25) is 0 Å². The maximum Gasteiger partial charge on any atom is 0.434 e. The summed E-state index contributed by atoms with van der Waals surface area (Å²) in [6.07, 6.45) is -3.80. The largest absolute Gasteiger partial charge is 0.434 e. The van der Waals surface area contributed by atoms with Crippen molar-refractivity contribution >= 4 is 5.91 Å². The van der Waals surface area contributed by atoms with E-state index in [-0.39, 0.29) is 12.2 Å². The molecule has 4 nitrogen and oxygen atoms in total. The predicted octanol–water partition coefficient (Wildman–Crippen LogP) is 5.49. The van der Waals surface area contributed by atoms with Gasteiger partial charge in [0, 0.05) is 6.54 Å². The van der Waals surface area contributed by atoms with Gasteiger partial charge in [-0.05, 0) is 28.8 Å². The van der Waals surface area contributed by atoms with E-state index < -0.39 is 23.3 Å². The Morgan fingerprint density at radius 3 is 2.16 bits per heavy atom. The average Bonchev–Trinajstić information content (AvgIpc) is 3.25. The number of carbonyl (C=O) groups excluding carboxylic acids is 1. The normalized spacial score (nSPS) is 11.3. The Hall–Kier alpha value is -3.87. The van der Waals surface area contributed by atoms with Gasteiger partial charge in [-0.3, -0.25) is 4.79 Å². The van der Waals surface area contributed by atoms with Crippen LogP contribution in [0.3, 0.4) is 0 Å². The van der Waals surface area contributed by atoms with E-state index in [1.807, 2.05) is 54.6 Å². The van der Waals surface area contributed by atoms with Crippen molar-refractivity contribution < 1.29 is 18.0 Å². The van der Waals surface area contributed by atoms with Crippen molar-refractivity contribution in [2.75, 3.05) is 0 Å². The minimum Gasteiger partial charge on any atom is -0.348 e. The second-order valence-electron chi connectivity index (χ2n) is 6.86. The van der Waals surface area contributed by atoms with Gasteiger partial charge in [0.05, 0.1) is 17.4 Å². The Bertz CT molecular complexity index is 1190. The smallest absolute Gasteiger partial charge is 0.348 e. The van der Waals surface area contributed by atoms with Gasteiger partial charge >= 0.3 is 6.18 Å². The van der Waals surface area contributed by atoms with E-state index in [0.29, 0.717) is 0 Å². The molecule has 0 saturated carbocycles. The van der Waals surface area contributed by atoms with E-state index in [1.165, 1.54) is 12.1 Å². The third-order valence-corrected chi connectivity index (χ3v) is 4.82. The van der Waals surface area contributed by atoms with Gasteiger partial charge in [0.15, 0.2) is 5.69 Å².